The third-order valence-corrected chi connectivity index (χ3v) is 11.4. The SMILES string of the molecule is O=C(O)c1ccc(Oc2cc(C3(c4cc(Oc5ccc(C(=O)O)s5)c5ccccc5c4)c4ccccc4-c4ccccc43)cc3ccccc23)s1. The third kappa shape index (κ3) is 4.99. The van der Waals surface area contributed by atoms with Gasteiger partial charge in [0.05, 0.1) is 5.41 Å². The van der Waals surface area contributed by atoms with Gasteiger partial charge in [-0.15, -0.1) is 0 Å². The van der Waals surface area contributed by atoms with Crippen LogP contribution >= 0.6 is 22.7 Å². The molecule has 8 heteroatoms. The van der Waals surface area contributed by atoms with Crippen molar-refractivity contribution in [2.24, 2.45) is 0 Å². The monoisotopic (exact) mass is 702 g/mol. The molecule has 0 unspecified atom stereocenters. The second-order valence-electron chi connectivity index (χ2n) is 12.3. The summed E-state index contributed by atoms with van der Waals surface area (Å²) in [7, 11) is 0. The Kier molecular flexibility index (Phi) is 7.24. The third-order valence-electron chi connectivity index (χ3n) is 9.47. The van der Waals surface area contributed by atoms with Crippen LogP contribution in [0.5, 0.6) is 21.6 Å². The first-order chi connectivity index (χ1) is 24.9. The van der Waals surface area contributed by atoms with E-state index in [0.29, 0.717) is 21.6 Å². The Bertz CT molecular complexity index is 2500. The van der Waals surface area contributed by atoms with Gasteiger partial charge in [-0.05, 0) is 92.7 Å². The number of aromatic carboxylic acids is 2. The lowest BCUT2D eigenvalue weighted by atomic mass is 9.67. The number of carbonyl (C=O) groups is 2. The summed E-state index contributed by atoms with van der Waals surface area (Å²) in [5, 5.41) is 23.9. The molecule has 0 fully saturated rings. The quantitative estimate of drug-likeness (QED) is 0.164. The van der Waals surface area contributed by atoms with E-state index in [1.54, 1.807) is 24.3 Å². The van der Waals surface area contributed by atoms with Gasteiger partial charge in [-0.1, -0.05) is 120 Å². The lowest BCUT2D eigenvalue weighted by Gasteiger charge is -2.35. The average molecular weight is 703 g/mol. The van der Waals surface area contributed by atoms with Gasteiger partial charge in [0.15, 0.2) is 10.1 Å². The summed E-state index contributed by atoms with van der Waals surface area (Å²) < 4.78 is 13.1. The molecular formula is C43H26O6S2. The smallest absolute Gasteiger partial charge is 0.345 e. The van der Waals surface area contributed by atoms with Crippen molar-refractivity contribution in [3.05, 3.63) is 178 Å². The van der Waals surface area contributed by atoms with E-state index < -0.39 is 17.4 Å². The summed E-state index contributed by atoms with van der Waals surface area (Å²) in [5.41, 5.74) is 5.54. The lowest BCUT2D eigenvalue weighted by Crippen LogP contribution is -2.28. The molecule has 2 heterocycles. The minimum Gasteiger partial charge on any atom is -0.477 e. The van der Waals surface area contributed by atoms with Gasteiger partial charge in [0.1, 0.15) is 21.3 Å². The van der Waals surface area contributed by atoms with Gasteiger partial charge in [0.25, 0.3) is 0 Å². The molecule has 1 aliphatic carbocycles. The summed E-state index contributed by atoms with van der Waals surface area (Å²) in [6.45, 7) is 0. The molecule has 51 heavy (non-hydrogen) atoms. The van der Waals surface area contributed by atoms with Crippen molar-refractivity contribution in [1.29, 1.82) is 0 Å². The Morgan fingerprint density at radius 1 is 0.490 bits per heavy atom. The predicted molar refractivity (Wildman–Crippen MR) is 201 cm³/mol. The molecule has 6 aromatic carbocycles. The molecule has 246 valence electrons. The van der Waals surface area contributed by atoms with Crippen LogP contribution in [0.15, 0.2) is 146 Å². The minimum absolute atomic E-state index is 0.200. The van der Waals surface area contributed by atoms with Gasteiger partial charge < -0.3 is 19.7 Å². The number of thiophene rings is 2. The number of carboxylic acid groups (broad SMARTS) is 2. The molecule has 0 aliphatic heterocycles. The van der Waals surface area contributed by atoms with Crippen LogP contribution in [0.25, 0.3) is 32.7 Å². The zero-order chi connectivity index (χ0) is 34.7. The van der Waals surface area contributed by atoms with Crippen molar-refractivity contribution in [3.63, 3.8) is 0 Å². The molecule has 0 atom stereocenters. The molecule has 0 bridgehead atoms. The normalized spacial score (nSPS) is 12.8. The highest BCUT2D eigenvalue weighted by atomic mass is 32.1. The fourth-order valence-electron chi connectivity index (χ4n) is 7.37. The molecular weight excluding hydrogens is 677 g/mol. The van der Waals surface area contributed by atoms with Crippen LogP contribution in [0.2, 0.25) is 0 Å². The van der Waals surface area contributed by atoms with Crippen LogP contribution < -0.4 is 9.47 Å². The Morgan fingerprint density at radius 3 is 1.33 bits per heavy atom. The summed E-state index contributed by atoms with van der Waals surface area (Å²) in [5.74, 6) is -0.773. The van der Waals surface area contributed by atoms with E-state index in [0.717, 1.165) is 77.6 Å². The molecule has 1 aliphatic rings. The van der Waals surface area contributed by atoms with E-state index in [1.807, 2.05) is 36.4 Å². The van der Waals surface area contributed by atoms with Gasteiger partial charge in [0.2, 0.25) is 0 Å². The predicted octanol–water partition coefficient (Wildman–Crippen LogP) is 11.5. The molecule has 0 spiro atoms. The zero-order valence-corrected chi connectivity index (χ0v) is 28.3. The fraction of sp³-hybridized carbons (Fsp3) is 0.0233. The van der Waals surface area contributed by atoms with Crippen LogP contribution in [0.1, 0.15) is 41.6 Å². The number of hydrogen-bond donors (Lipinski definition) is 2. The summed E-state index contributed by atoms with van der Waals surface area (Å²) in [6.07, 6.45) is 0. The fourth-order valence-corrected chi connectivity index (χ4v) is 8.79. The van der Waals surface area contributed by atoms with Crippen molar-refractivity contribution < 1.29 is 29.3 Å². The summed E-state index contributed by atoms with van der Waals surface area (Å²) >= 11 is 2.18. The molecule has 0 saturated heterocycles. The number of ether oxygens (including phenoxy) is 2. The number of carboxylic acids is 2. The summed E-state index contributed by atoms with van der Waals surface area (Å²) in [6, 6.07) is 48.1. The van der Waals surface area contributed by atoms with E-state index in [4.69, 9.17) is 9.47 Å². The van der Waals surface area contributed by atoms with Crippen molar-refractivity contribution in [3.8, 4) is 32.8 Å². The average Bonchev–Trinajstić information content (AvgIpc) is 3.89. The number of hydrogen-bond acceptors (Lipinski definition) is 6. The molecule has 0 amide bonds. The largest absolute Gasteiger partial charge is 0.477 e. The second kappa shape index (κ2) is 12.0. The topological polar surface area (TPSA) is 93.1 Å². The zero-order valence-electron chi connectivity index (χ0n) is 26.7. The van der Waals surface area contributed by atoms with E-state index in [-0.39, 0.29) is 9.75 Å². The number of fused-ring (bicyclic) bond motifs is 5. The van der Waals surface area contributed by atoms with Gasteiger partial charge in [-0.2, -0.15) is 0 Å². The molecule has 9 rings (SSSR count). The van der Waals surface area contributed by atoms with Crippen molar-refractivity contribution in [2.75, 3.05) is 0 Å². The molecule has 0 saturated carbocycles. The molecule has 6 nitrogen and oxygen atoms in total. The van der Waals surface area contributed by atoms with E-state index in [1.165, 1.54) is 0 Å². The van der Waals surface area contributed by atoms with Crippen LogP contribution in [-0.4, -0.2) is 22.2 Å². The number of benzene rings is 6. The van der Waals surface area contributed by atoms with Gasteiger partial charge in [-0.3, -0.25) is 0 Å². The van der Waals surface area contributed by atoms with Crippen LogP contribution in [0, 0.1) is 0 Å². The molecule has 2 aromatic heterocycles. The Balaban J connectivity index is 1.34. The Morgan fingerprint density at radius 2 is 0.902 bits per heavy atom. The first kappa shape index (κ1) is 30.8. The highest BCUT2D eigenvalue weighted by Crippen LogP contribution is 2.58. The Hall–Kier alpha value is -6.22. The van der Waals surface area contributed by atoms with Gasteiger partial charge in [0, 0.05) is 10.8 Å². The molecule has 8 aromatic rings. The van der Waals surface area contributed by atoms with Crippen LogP contribution in [-0.2, 0) is 5.41 Å². The van der Waals surface area contributed by atoms with Crippen LogP contribution in [0.3, 0.4) is 0 Å². The van der Waals surface area contributed by atoms with E-state index in [2.05, 4.69) is 84.9 Å². The van der Waals surface area contributed by atoms with E-state index in [9.17, 15) is 19.8 Å². The van der Waals surface area contributed by atoms with Crippen LogP contribution in [0.4, 0.5) is 0 Å². The maximum absolute atomic E-state index is 11.7. The highest BCUT2D eigenvalue weighted by Gasteiger charge is 2.47. The van der Waals surface area contributed by atoms with Crippen molar-refractivity contribution >= 4 is 56.2 Å². The maximum Gasteiger partial charge on any atom is 0.345 e. The maximum atomic E-state index is 11.7. The van der Waals surface area contributed by atoms with Gasteiger partial charge >= 0.3 is 11.9 Å². The van der Waals surface area contributed by atoms with E-state index >= 15 is 0 Å². The standard InChI is InChI=1S/C43H26O6S2/c44-41(45)37-17-19-39(50-37)48-35-23-27(21-25-9-1-3-11-29(25)35)43(33-15-7-5-13-31(33)32-14-6-8-16-34(32)43)28-22-26-10-2-4-12-30(26)36(24-28)49-40-20-18-38(51-40)42(46)47/h1-24H,(H,44,45)(H,46,47). The minimum atomic E-state index is -0.998. The lowest BCUT2D eigenvalue weighted by molar-refractivity contribution is 0.0691. The first-order valence-corrected chi connectivity index (χ1v) is 17.8. The number of rotatable bonds is 8. The highest BCUT2D eigenvalue weighted by molar-refractivity contribution is 7.16. The molecule has 2 N–H and O–H groups in total. The van der Waals surface area contributed by atoms with Crippen molar-refractivity contribution in [1.82, 2.24) is 0 Å². The van der Waals surface area contributed by atoms with Gasteiger partial charge in [-0.25, -0.2) is 9.59 Å². The Labute approximate surface area is 300 Å². The molecule has 0 radical (unpaired) electrons. The van der Waals surface area contributed by atoms with Crippen molar-refractivity contribution in [2.45, 2.75) is 5.41 Å². The second-order valence-corrected chi connectivity index (χ2v) is 14.4. The summed E-state index contributed by atoms with van der Waals surface area (Å²) in [4.78, 5) is 23.9. The first-order valence-electron chi connectivity index (χ1n) is 16.2.